The predicted molar refractivity (Wildman–Crippen MR) is 81.8 cm³/mol. The predicted octanol–water partition coefficient (Wildman–Crippen LogP) is 2.69. The Labute approximate surface area is 130 Å². The van der Waals surface area contributed by atoms with E-state index in [0.717, 1.165) is 19.3 Å². The Morgan fingerprint density at radius 2 is 2.27 bits per heavy atom. The zero-order chi connectivity index (χ0) is 16.1. The van der Waals surface area contributed by atoms with Gasteiger partial charge in [0.15, 0.2) is 17.3 Å². The van der Waals surface area contributed by atoms with Crippen LogP contribution in [0.15, 0.2) is 6.07 Å². The van der Waals surface area contributed by atoms with E-state index in [4.69, 9.17) is 15.9 Å². The highest BCUT2D eigenvalue weighted by Crippen LogP contribution is 2.35. The second-order valence-corrected chi connectivity index (χ2v) is 5.20. The van der Waals surface area contributed by atoms with E-state index in [0.29, 0.717) is 12.0 Å². The molecule has 0 bridgehead atoms. The summed E-state index contributed by atoms with van der Waals surface area (Å²) < 4.78 is 25.0. The van der Waals surface area contributed by atoms with Crippen molar-refractivity contribution < 1.29 is 18.7 Å². The van der Waals surface area contributed by atoms with Crippen molar-refractivity contribution in [2.45, 2.75) is 38.6 Å². The van der Waals surface area contributed by atoms with Crippen LogP contribution in [-0.4, -0.2) is 25.7 Å². The van der Waals surface area contributed by atoms with E-state index < -0.39 is 5.82 Å². The first-order valence-electron chi connectivity index (χ1n) is 7.38. The fourth-order valence-electron chi connectivity index (χ4n) is 2.41. The SMILES string of the molecule is C#CCOc1c(OC)cc(C(=O)NC2CCC2)c(CC)c1F. The summed E-state index contributed by atoms with van der Waals surface area (Å²) in [6.45, 7) is 1.72. The smallest absolute Gasteiger partial charge is 0.252 e. The number of rotatable bonds is 6. The van der Waals surface area contributed by atoms with Crippen molar-refractivity contribution in [2.24, 2.45) is 0 Å². The number of ether oxygens (including phenoxy) is 2. The molecule has 4 nitrogen and oxygen atoms in total. The lowest BCUT2D eigenvalue weighted by Gasteiger charge is -2.27. The number of terminal acetylenes is 1. The molecule has 1 aliphatic carbocycles. The summed E-state index contributed by atoms with van der Waals surface area (Å²) in [7, 11) is 1.40. The first-order chi connectivity index (χ1) is 10.6. The molecule has 1 fully saturated rings. The molecule has 0 spiro atoms. The molecule has 0 heterocycles. The largest absolute Gasteiger partial charge is 0.493 e. The van der Waals surface area contributed by atoms with E-state index in [-0.39, 0.29) is 35.6 Å². The first kappa shape index (κ1) is 16.2. The topological polar surface area (TPSA) is 47.6 Å². The van der Waals surface area contributed by atoms with Crippen molar-refractivity contribution in [3.63, 3.8) is 0 Å². The first-order valence-corrected chi connectivity index (χ1v) is 7.38. The van der Waals surface area contributed by atoms with E-state index in [2.05, 4.69) is 11.2 Å². The molecule has 0 radical (unpaired) electrons. The van der Waals surface area contributed by atoms with Gasteiger partial charge in [-0.25, -0.2) is 4.39 Å². The number of hydrogen-bond donors (Lipinski definition) is 1. The average Bonchev–Trinajstić information content (AvgIpc) is 2.48. The summed E-state index contributed by atoms with van der Waals surface area (Å²) >= 11 is 0. The second-order valence-electron chi connectivity index (χ2n) is 5.20. The van der Waals surface area contributed by atoms with Gasteiger partial charge in [0.05, 0.1) is 7.11 Å². The Balaban J connectivity index is 2.38. The van der Waals surface area contributed by atoms with Gasteiger partial charge in [-0.3, -0.25) is 4.79 Å². The number of hydrogen-bond acceptors (Lipinski definition) is 3. The van der Waals surface area contributed by atoms with Gasteiger partial charge in [0.25, 0.3) is 5.91 Å². The molecular formula is C17H20FNO3. The maximum atomic E-state index is 14.6. The van der Waals surface area contributed by atoms with Gasteiger partial charge < -0.3 is 14.8 Å². The van der Waals surface area contributed by atoms with Gasteiger partial charge in [-0.05, 0) is 31.7 Å². The van der Waals surface area contributed by atoms with Gasteiger partial charge in [0.1, 0.15) is 6.61 Å². The number of halogens is 1. The third kappa shape index (κ3) is 3.16. The van der Waals surface area contributed by atoms with Crippen molar-refractivity contribution in [3.05, 3.63) is 23.0 Å². The van der Waals surface area contributed by atoms with E-state index >= 15 is 0 Å². The van der Waals surface area contributed by atoms with Crippen molar-refractivity contribution in [2.75, 3.05) is 13.7 Å². The van der Waals surface area contributed by atoms with Crippen LogP contribution >= 0.6 is 0 Å². The molecule has 0 aromatic heterocycles. The van der Waals surface area contributed by atoms with Crippen LogP contribution < -0.4 is 14.8 Å². The molecule has 2 rings (SSSR count). The number of nitrogens with one attached hydrogen (secondary N) is 1. The lowest BCUT2D eigenvalue weighted by atomic mass is 9.92. The maximum absolute atomic E-state index is 14.6. The molecular weight excluding hydrogens is 285 g/mol. The lowest BCUT2D eigenvalue weighted by molar-refractivity contribution is 0.0915. The van der Waals surface area contributed by atoms with Crippen molar-refractivity contribution in [1.29, 1.82) is 0 Å². The van der Waals surface area contributed by atoms with Crippen LogP contribution in [-0.2, 0) is 6.42 Å². The number of carbonyl (C=O) groups is 1. The zero-order valence-electron chi connectivity index (χ0n) is 12.9. The molecule has 1 saturated carbocycles. The summed E-state index contributed by atoms with van der Waals surface area (Å²) in [5.74, 6) is 1.55. The molecule has 1 aromatic rings. The van der Waals surface area contributed by atoms with E-state index in [1.807, 2.05) is 0 Å². The number of methoxy groups -OCH3 is 1. The van der Waals surface area contributed by atoms with Gasteiger partial charge in [-0.15, -0.1) is 6.42 Å². The maximum Gasteiger partial charge on any atom is 0.252 e. The monoisotopic (exact) mass is 305 g/mol. The van der Waals surface area contributed by atoms with Crippen LogP contribution in [0.3, 0.4) is 0 Å². The number of benzene rings is 1. The Kier molecular flexibility index (Phi) is 5.26. The molecule has 0 unspecified atom stereocenters. The molecule has 1 N–H and O–H groups in total. The third-order valence-corrected chi connectivity index (χ3v) is 3.85. The highest BCUT2D eigenvalue weighted by atomic mass is 19.1. The molecule has 1 amide bonds. The Morgan fingerprint density at radius 3 is 2.77 bits per heavy atom. The molecule has 118 valence electrons. The Morgan fingerprint density at radius 1 is 1.55 bits per heavy atom. The highest BCUT2D eigenvalue weighted by Gasteiger charge is 2.26. The standard InChI is InChI=1S/C17H20FNO3/c1-4-9-22-16-14(21-3)10-13(12(5-2)15(16)18)17(20)19-11-7-6-8-11/h1,10-11H,5-9H2,2-3H3,(H,19,20). The molecule has 5 heteroatoms. The minimum atomic E-state index is -0.587. The summed E-state index contributed by atoms with van der Waals surface area (Å²) in [5, 5.41) is 2.91. The summed E-state index contributed by atoms with van der Waals surface area (Å²) in [4.78, 5) is 12.4. The van der Waals surface area contributed by atoms with Crippen molar-refractivity contribution >= 4 is 5.91 Å². The van der Waals surface area contributed by atoms with Gasteiger partial charge in [0, 0.05) is 17.2 Å². The molecule has 1 aliphatic rings. The van der Waals surface area contributed by atoms with Crippen LogP contribution in [0.2, 0.25) is 0 Å². The summed E-state index contributed by atoms with van der Waals surface area (Å²) in [6.07, 6.45) is 8.56. The molecule has 0 aliphatic heterocycles. The Hall–Kier alpha value is -2.22. The van der Waals surface area contributed by atoms with Crippen LogP contribution in [0.5, 0.6) is 11.5 Å². The van der Waals surface area contributed by atoms with Gasteiger partial charge in [-0.1, -0.05) is 12.8 Å². The lowest BCUT2D eigenvalue weighted by Crippen LogP contribution is -2.39. The normalized spacial score (nSPS) is 13.9. The van der Waals surface area contributed by atoms with Gasteiger partial charge in [-0.2, -0.15) is 0 Å². The third-order valence-electron chi connectivity index (χ3n) is 3.85. The second kappa shape index (κ2) is 7.17. The summed E-state index contributed by atoms with van der Waals surface area (Å²) in [5.41, 5.74) is 0.599. The number of carbonyl (C=O) groups excluding carboxylic acids is 1. The van der Waals surface area contributed by atoms with Crippen LogP contribution in [0, 0.1) is 18.2 Å². The minimum absolute atomic E-state index is 0.0440. The van der Waals surface area contributed by atoms with Crippen molar-refractivity contribution in [3.8, 4) is 23.8 Å². The van der Waals surface area contributed by atoms with Crippen molar-refractivity contribution in [1.82, 2.24) is 5.32 Å². The van der Waals surface area contributed by atoms with Crippen LogP contribution in [0.4, 0.5) is 4.39 Å². The highest BCUT2D eigenvalue weighted by molar-refractivity contribution is 5.96. The van der Waals surface area contributed by atoms with Crippen LogP contribution in [0.1, 0.15) is 42.1 Å². The molecule has 22 heavy (non-hydrogen) atoms. The Bertz CT molecular complexity index is 603. The zero-order valence-corrected chi connectivity index (χ0v) is 12.9. The van der Waals surface area contributed by atoms with E-state index in [1.165, 1.54) is 13.2 Å². The fraction of sp³-hybridized carbons (Fsp3) is 0.471. The van der Waals surface area contributed by atoms with E-state index in [1.54, 1.807) is 6.92 Å². The molecule has 0 saturated heterocycles. The van der Waals surface area contributed by atoms with Crippen LogP contribution in [0.25, 0.3) is 0 Å². The molecule has 1 aromatic carbocycles. The minimum Gasteiger partial charge on any atom is -0.493 e. The average molecular weight is 305 g/mol. The summed E-state index contributed by atoms with van der Waals surface area (Å²) in [6, 6.07) is 1.70. The van der Waals surface area contributed by atoms with Gasteiger partial charge in [0.2, 0.25) is 0 Å². The number of amides is 1. The quantitative estimate of drug-likeness (QED) is 0.822. The molecule has 0 atom stereocenters. The van der Waals surface area contributed by atoms with Gasteiger partial charge >= 0.3 is 0 Å². The fourth-order valence-corrected chi connectivity index (χ4v) is 2.41. The van der Waals surface area contributed by atoms with E-state index in [9.17, 15) is 9.18 Å².